The van der Waals surface area contributed by atoms with Crippen LogP contribution in [0, 0.1) is 11.3 Å². The van der Waals surface area contributed by atoms with Crippen LogP contribution in [0.1, 0.15) is 38.2 Å². The van der Waals surface area contributed by atoms with Crippen molar-refractivity contribution in [3.63, 3.8) is 0 Å². The highest BCUT2D eigenvalue weighted by Gasteiger charge is 2.69. The summed E-state index contributed by atoms with van der Waals surface area (Å²) in [6.07, 6.45) is -1.33. The van der Waals surface area contributed by atoms with Crippen molar-refractivity contribution in [2.45, 2.75) is 50.3 Å². The second-order valence-electron chi connectivity index (χ2n) is 9.89. The summed E-state index contributed by atoms with van der Waals surface area (Å²) in [5, 5.41) is 0.394. The average Bonchev–Trinajstić information content (AvgIpc) is 2.87. The van der Waals surface area contributed by atoms with Gasteiger partial charge in [-0.25, -0.2) is 4.79 Å². The van der Waals surface area contributed by atoms with E-state index in [1.165, 1.54) is 28.3 Å². The molecule has 12 heteroatoms. The number of ether oxygens (including phenoxy) is 4. The van der Waals surface area contributed by atoms with E-state index in [-0.39, 0.29) is 40.8 Å². The van der Waals surface area contributed by atoms with Gasteiger partial charge in [-0.1, -0.05) is 29.3 Å². The lowest BCUT2D eigenvalue weighted by Gasteiger charge is -2.56. The van der Waals surface area contributed by atoms with E-state index in [0.29, 0.717) is 0 Å². The number of carbonyl (C=O) groups is 4. The highest BCUT2D eigenvalue weighted by molar-refractivity contribution is 6.36. The summed E-state index contributed by atoms with van der Waals surface area (Å²) >= 11 is 13.1. The molecule has 37 heavy (non-hydrogen) atoms. The predicted molar refractivity (Wildman–Crippen MR) is 132 cm³/mol. The van der Waals surface area contributed by atoms with Crippen LogP contribution in [0.3, 0.4) is 0 Å². The van der Waals surface area contributed by atoms with Gasteiger partial charge in [0, 0.05) is 63.0 Å². The lowest BCUT2D eigenvalue weighted by atomic mass is 9.54. The second kappa shape index (κ2) is 9.59. The van der Waals surface area contributed by atoms with Gasteiger partial charge in [-0.05, 0) is 31.5 Å². The fourth-order valence-electron chi connectivity index (χ4n) is 5.87. The van der Waals surface area contributed by atoms with E-state index < -0.39 is 52.8 Å². The minimum Gasteiger partial charge on any atom is -0.349 e. The van der Waals surface area contributed by atoms with Gasteiger partial charge in [0.2, 0.25) is 23.4 Å². The van der Waals surface area contributed by atoms with Gasteiger partial charge in [-0.15, -0.1) is 0 Å². The summed E-state index contributed by atoms with van der Waals surface area (Å²) in [6, 6.07) is 4.00. The summed E-state index contributed by atoms with van der Waals surface area (Å²) in [4.78, 5) is 56.1. The first-order valence-corrected chi connectivity index (χ1v) is 12.5. The third-order valence-corrected chi connectivity index (χ3v) is 8.86. The Bertz CT molecular complexity index is 1120. The molecule has 0 bridgehead atoms. The number of imide groups is 2. The molecule has 0 unspecified atom stereocenters. The van der Waals surface area contributed by atoms with Gasteiger partial charge in [0.25, 0.3) is 0 Å². The fraction of sp³-hybridized carbons (Fsp3) is 0.600. The number of amides is 4. The van der Waals surface area contributed by atoms with Crippen molar-refractivity contribution in [1.29, 1.82) is 0 Å². The van der Waals surface area contributed by atoms with Crippen LogP contribution in [0.4, 0.5) is 4.79 Å². The van der Waals surface area contributed by atoms with Crippen LogP contribution in [0.25, 0.3) is 0 Å². The van der Waals surface area contributed by atoms with Crippen molar-refractivity contribution in [3.8, 4) is 0 Å². The SMILES string of the molecule is CO[C@]1(C)OC[C@H]([C@@H]2CC(=O)C[C@H](c3c(Cl)cccc3Cl)C23C(=O)N(C)C(=O)N(C)C3=O)O[C@@]1(C)OC. The number of hydrogen-bond donors (Lipinski definition) is 0. The average molecular weight is 557 g/mol. The molecule has 3 fully saturated rings. The van der Waals surface area contributed by atoms with Crippen LogP contribution < -0.4 is 0 Å². The largest absolute Gasteiger partial charge is 0.349 e. The van der Waals surface area contributed by atoms with Gasteiger partial charge in [0.15, 0.2) is 0 Å². The van der Waals surface area contributed by atoms with Gasteiger partial charge in [-0.3, -0.25) is 24.2 Å². The van der Waals surface area contributed by atoms with Crippen LogP contribution in [0.15, 0.2) is 18.2 Å². The number of benzene rings is 1. The molecule has 10 nitrogen and oxygen atoms in total. The molecule has 1 aromatic rings. The maximum absolute atomic E-state index is 14.2. The number of Topliss-reactive ketones (excluding diaryl/α,β-unsaturated/α-hetero) is 1. The molecule has 2 heterocycles. The zero-order valence-corrected chi connectivity index (χ0v) is 23.0. The molecule has 4 rings (SSSR count). The van der Waals surface area contributed by atoms with E-state index in [9.17, 15) is 19.2 Å². The second-order valence-corrected chi connectivity index (χ2v) is 10.7. The Balaban J connectivity index is 1.96. The molecular weight excluding hydrogens is 527 g/mol. The van der Waals surface area contributed by atoms with E-state index in [1.807, 2.05) is 0 Å². The summed E-state index contributed by atoms with van der Waals surface area (Å²) in [5.74, 6) is -6.63. The summed E-state index contributed by atoms with van der Waals surface area (Å²) in [7, 11) is 5.45. The van der Waals surface area contributed by atoms with Crippen molar-refractivity contribution in [3.05, 3.63) is 33.8 Å². The van der Waals surface area contributed by atoms with Gasteiger partial charge in [0.1, 0.15) is 11.2 Å². The molecule has 0 aromatic heterocycles. The van der Waals surface area contributed by atoms with Crippen molar-refractivity contribution >= 4 is 46.8 Å². The van der Waals surface area contributed by atoms with Crippen molar-refractivity contribution < 1.29 is 38.1 Å². The Morgan fingerprint density at radius 2 is 1.46 bits per heavy atom. The van der Waals surface area contributed by atoms with E-state index >= 15 is 0 Å². The first kappa shape index (κ1) is 27.9. The van der Waals surface area contributed by atoms with Crippen molar-refractivity contribution in [2.24, 2.45) is 11.3 Å². The number of methoxy groups -OCH3 is 2. The molecule has 1 aliphatic carbocycles. The summed E-state index contributed by atoms with van der Waals surface area (Å²) in [6.45, 7) is 3.13. The Morgan fingerprint density at radius 3 is 1.97 bits per heavy atom. The molecule has 2 saturated heterocycles. The maximum atomic E-state index is 14.2. The lowest BCUT2D eigenvalue weighted by Crippen LogP contribution is -2.72. The standard InChI is InChI=1S/C25H30Cl2N2O8/c1-23(34-5)24(2,35-6)37-18(12-36-23)14-10-13(30)11-15(19-16(26)8-7-9-17(19)27)25(14)20(31)28(3)22(33)29(4)21(25)32/h7-9,14-15,18H,10-12H2,1-6H3/t14-,15+,18+,23+,24+/m0/s1. The van der Waals surface area contributed by atoms with Crippen LogP contribution in [0.2, 0.25) is 10.0 Å². The number of barbiturate groups is 1. The highest BCUT2D eigenvalue weighted by Crippen LogP contribution is 2.58. The number of nitrogens with zero attached hydrogens (tertiary/aromatic N) is 2. The Labute approximate surface area is 225 Å². The molecular formula is C25H30Cl2N2O8. The summed E-state index contributed by atoms with van der Waals surface area (Å²) < 4.78 is 23.6. The normalized spacial score (nSPS) is 34.4. The monoisotopic (exact) mass is 556 g/mol. The van der Waals surface area contributed by atoms with Crippen LogP contribution in [-0.4, -0.2) is 86.0 Å². The number of ketones is 1. The zero-order chi connectivity index (χ0) is 27.5. The number of carbonyl (C=O) groups excluding carboxylic acids is 4. The van der Waals surface area contributed by atoms with E-state index in [4.69, 9.17) is 42.1 Å². The van der Waals surface area contributed by atoms with E-state index in [1.54, 1.807) is 32.0 Å². The first-order chi connectivity index (χ1) is 17.3. The van der Waals surface area contributed by atoms with Crippen molar-refractivity contribution in [2.75, 3.05) is 34.9 Å². The Kier molecular flexibility index (Phi) is 7.24. The maximum Gasteiger partial charge on any atom is 0.332 e. The van der Waals surface area contributed by atoms with Crippen LogP contribution in [0.5, 0.6) is 0 Å². The minimum atomic E-state index is -1.94. The fourth-order valence-corrected chi connectivity index (χ4v) is 6.53. The molecule has 4 amide bonds. The lowest BCUT2D eigenvalue weighted by molar-refractivity contribution is -0.437. The molecule has 202 valence electrons. The molecule has 0 N–H and O–H groups in total. The molecule has 3 aliphatic rings. The summed E-state index contributed by atoms with van der Waals surface area (Å²) in [5.41, 5.74) is -1.65. The molecule has 1 aromatic carbocycles. The Morgan fingerprint density at radius 1 is 0.919 bits per heavy atom. The third kappa shape index (κ3) is 3.92. The number of halogens is 2. The van der Waals surface area contributed by atoms with Gasteiger partial charge < -0.3 is 18.9 Å². The molecule has 0 radical (unpaired) electrons. The van der Waals surface area contributed by atoms with Gasteiger partial charge in [-0.2, -0.15) is 0 Å². The number of rotatable bonds is 4. The van der Waals surface area contributed by atoms with E-state index in [2.05, 4.69) is 0 Å². The third-order valence-electron chi connectivity index (χ3n) is 8.20. The van der Waals surface area contributed by atoms with Crippen LogP contribution in [-0.2, 0) is 33.3 Å². The smallest absolute Gasteiger partial charge is 0.332 e. The number of urea groups is 1. The quantitative estimate of drug-likeness (QED) is 0.519. The van der Waals surface area contributed by atoms with E-state index in [0.717, 1.165) is 9.80 Å². The molecule has 2 aliphatic heterocycles. The molecule has 1 spiro atoms. The topological polar surface area (TPSA) is 112 Å². The predicted octanol–water partition coefficient (Wildman–Crippen LogP) is 3.23. The van der Waals surface area contributed by atoms with Gasteiger partial charge >= 0.3 is 6.03 Å². The molecule has 1 saturated carbocycles. The van der Waals surface area contributed by atoms with Crippen molar-refractivity contribution in [1.82, 2.24) is 9.80 Å². The zero-order valence-electron chi connectivity index (χ0n) is 21.5. The highest BCUT2D eigenvalue weighted by atomic mass is 35.5. The Hall–Kier alpha value is -2.08. The number of hydrogen-bond acceptors (Lipinski definition) is 8. The first-order valence-electron chi connectivity index (χ1n) is 11.8. The van der Waals surface area contributed by atoms with Crippen LogP contribution >= 0.6 is 23.2 Å². The van der Waals surface area contributed by atoms with Gasteiger partial charge in [0.05, 0.1) is 12.7 Å². The molecule has 5 atom stereocenters. The minimum absolute atomic E-state index is 0.117.